The van der Waals surface area contributed by atoms with Gasteiger partial charge in [-0.15, -0.1) is 0 Å². The molecule has 2 aromatic heterocycles. The zero-order valence-corrected chi connectivity index (χ0v) is 24.4. The van der Waals surface area contributed by atoms with Crippen molar-refractivity contribution in [2.45, 2.75) is 62.4 Å². The van der Waals surface area contributed by atoms with Crippen molar-refractivity contribution in [2.75, 3.05) is 32.9 Å². The van der Waals surface area contributed by atoms with E-state index in [0.29, 0.717) is 35.7 Å². The quantitative estimate of drug-likeness (QED) is 0.310. The third kappa shape index (κ3) is 5.24. The van der Waals surface area contributed by atoms with E-state index in [-0.39, 0.29) is 30.7 Å². The Balaban J connectivity index is 1.07. The lowest BCUT2D eigenvalue weighted by atomic mass is 10.0. The molecule has 8 rings (SSSR count). The molecule has 0 amide bonds. The molecule has 2 N–H and O–H groups in total. The number of pyridine rings is 1. The van der Waals surface area contributed by atoms with Crippen molar-refractivity contribution in [3.63, 3.8) is 0 Å². The van der Waals surface area contributed by atoms with E-state index in [4.69, 9.17) is 28.7 Å². The molecule has 4 fully saturated rings. The maximum absolute atomic E-state index is 15.8. The molecule has 230 valence electrons. The number of aliphatic hydroxyl groups excluding tert-OH is 1. The molecule has 6 heterocycles. The van der Waals surface area contributed by atoms with Crippen molar-refractivity contribution >= 4 is 11.0 Å². The number of benzene rings is 2. The fourth-order valence-corrected chi connectivity index (χ4v) is 6.78. The van der Waals surface area contributed by atoms with Gasteiger partial charge in [0.05, 0.1) is 24.2 Å². The van der Waals surface area contributed by atoms with Crippen molar-refractivity contribution in [3.05, 3.63) is 66.5 Å². The summed E-state index contributed by atoms with van der Waals surface area (Å²) < 4.78 is 47.8. The highest BCUT2D eigenvalue weighted by Gasteiger charge is 2.48. The summed E-state index contributed by atoms with van der Waals surface area (Å²) in [6.07, 6.45) is 1.88. The summed E-state index contributed by atoms with van der Waals surface area (Å²) in [5, 5.41) is 13.5. The Morgan fingerprint density at radius 1 is 0.864 bits per heavy atom. The lowest BCUT2D eigenvalue weighted by Gasteiger charge is -2.27. The number of nitrogens with one attached hydrogen (secondary N) is 1. The van der Waals surface area contributed by atoms with Crippen LogP contribution in [0.25, 0.3) is 33.4 Å². The minimum absolute atomic E-state index is 0.217. The molecular formula is C34H36FN3O6. The maximum atomic E-state index is 15.8. The third-order valence-electron chi connectivity index (χ3n) is 9.10. The summed E-state index contributed by atoms with van der Waals surface area (Å²) in [5.74, 6) is 0.977. The second-order valence-electron chi connectivity index (χ2n) is 12.1. The van der Waals surface area contributed by atoms with Gasteiger partial charge in [0, 0.05) is 30.8 Å². The molecule has 0 spiro atoms. The summed E-state index contributed by atoms with van der Waals surface area (Å²) in [6, 6.07) is 19.2. The number of nitrogens with zero attached hydrogens (tertiary/aromatic N) is 2. The highest BCUT2D eigenvalue weighted by Crippen LogP contribution is 2.38. The normalized spacial score (nSPS) is 28.4. The Kier molecular flexibility index (Phi) is 7.47. The molecule has 6 atom stereocenters. The lowest BCUT2D eigenvalue weighted by molar-refractivity contribution is -0.0392. The first-order valence-electron chi connectivity index (χ1n) is 15.6. The van der Waals surface area contributed by atoms with Crippen molar-refractivity contribution in [2.24, 2.45) is 0 Å². The molecule has 0 aliphatic carbocycles. The molecule has 4 saturated heterocycles. The van der Waals surface area contributed by atoms with Gasteiger partial charge in [0.1, 0.15) is 42.1 Å². The number of hydrogen-bond acceptors (Lipinski definition) is 8. The monoisotopic (exact) mass is 601 g/mol. The number of ether oxygens (including phenoxy) is 5. The number of halogens is 1. The van der Waals surface area contributed by atoms with E-state index < -0.39 is 24.1 Å². The largest absolute Gasteiger partial charge is 0.489 e. The van der Waals surface area contributed by atoms with Crippen LogP contribution in [-0.4, -0.2) is 78.1 Å². The van der Waals surface area contributed by atoms with Crippen LogP contribution < -0.4 is 14.8 Å². The van der Waals surface area contributed by atoms with E-state index in [2.05, 4.69) is 5.32 Å². The number of aromatic nitrogens is 2. The van der Waals surface area contributed by atoms with Crippen LogP contribution in [0.5, 0.6) is 11.6 Å². The van der Waals surface area contributed by atoms with Crippen LogP contribution in [0, 0.1) is 5.82 Å². The zero-order valence-electron chi connectivity index (χ0n) is 24.4. The van der Waals surface area contributed by atoms with Crippen molar-refractivity contribution in [1.29, 1.82) is 0 Å². The van der Waals surface area contributed by atoms with Crippen LogP contribution in [0.4, 0.5) is 4.39 Å². The molecular weight excluding hydrogens is 565 g/mol. The van der Waals surface area contributed by atoms with Crippen LogP contribution in [0.1, 0.15) is 31.9 Å². The van der Waals surface area contributed by atoms with Crippen LogP contribution in [0.2, 0.25) is 0 Å². The average Bonchev–Trinajstić information content (AvgIpc) is 3.85. The highest BCUT2D eigenvalue weighted by atomic mass is 19.1. The molecule has 0 radical (unpaired) electrons. The molecule has 4 aliphatic rings. The minimum Gasteiger partial charge on any atom is -0.489 e. The van der Waals surface area contributed by atoms with Crippen LogP contribution in [0.3, 0.4) is 0 Å². The Morgan fingerprint density at radius 3 is 2.39 bits per heavy atom. The highest BCUT2D eigenvalue weighted by molar-refractivity contribution is 5.82. The summed E-state index contributed by atoms with van der Waals surface area (Å²) in [6.45, 7) is 3.02. The zero-order chi connectivity index (χ0) is 29.6. The molecule has 2 aromatic carbocycles. The average molecular weight is 602 g/mol. The van der Waals surface area contributed by atoms with Gasteiger partial charge in [-0.3, -0.25) is 4.57 Å². The Labute approximate surface area is 254 Å². The Bertz CT molecular complexity index is 1620. The fourth-order valence-electron chi connectivity index (χ4n) is 6.78. The van der Waals surface area contributed by atoms with Crippen LogP contribution in [0.15, 0.2) is 60.7 Å². The first-order chi connectivity index (χ1) is 21.6. The van der Waals surface area contributed by atoms with Gasteiger partial charge in [-0.2, -0.15) is 0 Å². The molecule has 2 unspecified atom stereocenters. The number of aliphatic hydroxyl groups is 1. The predicted molar refractivity (Wildman–Crippen MR) is 161 cm³/mol. The summed E-state index contributed by atoms with van der Waals surface area (Å²) in [7, 11) is 0. The van der Waals surface area contributed by atoms with E-state index in [1.807, 2.05) is 59.2 Å². The van der Waals surface area contributed by atoms with Gasteiger partial charge in [0.25, 0.3) is 0 Å². The van der Waals surface area contributed by atoms with E-state index in [9.17, 15) is 5.11 Å². The van der Waals surface area contributed by atoms with E-state index in [0.717, 1.165) is 55.6 Å². The van der Waals surface area contributed by atoms with Crippen molar-refractivity contribution in [1.82, 2.24) is 14.9 Å². The Morgan fingerprint density at radius 2 is 1.64 bits per heavy atom. The van der Waals surface area contributed by atoms with Gasteiger partial charge in [0.15, 0.2) is 17.8 Å². The number of fused-ring (bicyclic) bond motifs is 2. The van der Waals surface area contributed by atoms with Crippen molar-refractivity contribution < 1.29 is 33.2 Å². The number of rotatable bonds is 7. The third-order valence-corrected chi connectivity index (χ3v) is 9.10. The molecule has 10 heteroatoms. The molecule has 9 nitrogen and oxygen atoms in total. The smallest absolute Gasteiger partial charge is 0.198 e. The second kappa shape index (κ2) is 11.8. The summed E-state index contributed by atoms with van der Waals surface area (Å²) in [5.41, 5.74) is 4.27. The molecule has 4 aromatic rings. The van der Waals surface area contributed by atoms with Gasteiger partial charge in [-0.1, -0.05) is 36.4 Å². The molecule has 0 bridgehead atoms. The lowest BCUT2D eigenvalue weighted by Crippen LogP contribution is -2.35. The van der Waals surface area contributed by atoms with E-state index in [1.54, 1.807) is 0 Å². The predicted octanol–water partition coefficient (Wildman–Crippen LogP) is 4.86. The summed E-state index contributed by atoms with van der Waals surface area (Å²) >= 11 is 0. The first kappa shape index (κ1) is 28.0. The second-order valence-corrected chi connectivity index (χ2v) is 12.1. The number of hydrogen-bond donors (Lipinski definition) is 2. The minimum atomic E-state index is -0.668. The SMILES string of the molecule is O[C@@H]1CO[C@H]2[C@@H]1OC[C@H]2Oc1cc2nc(-c3ccc(-c4ccc(OC5CCNC5)cc4)cc3)c(F)cc2n1C1CCCCO1. The van der Waals surface area contributed by atoms with Gasteiger partial charge >= 0.3 is 0 Å². The molecule has 44 heavy (non-hydrogen) atoms. The fraction of sp³-hybridized carbons (Fsp3) is 0.441. The molecule has 4 aliphatic heterocycles. The summed E-state index contributed by atoms with van der Waals surface area (Å²) in [4.78, 5) is 4.78. The first-order valence-corrected chi connectivity index (χ1v) is 15.6. The standard InChI is InChI=1S/C34H36FN3O6/c35-25-15-27-26(16-31(38(27)30-3-1-2-14-40-30)44-29-19-42-33-28(39)18-41-34(29)33)37-32(25)22-6-4-20(5-7-22)21-8-10-23(11-9-21)43-24-12-13-36-17-24/h4-11,15-16,24,28-30,33-34,36,39H,1-3,12-14,17-19H2/t24?,28-,29-,30?,33-,34-/m1/s1. The Hall–Kier alpha value is -3.54. The van der Waals surface area contributed by atoms with Gasteiger partial charge in [-0.25, -0.2) is 9.37 Å². The van der Waals surface area contributed by atoms with Crippen LogP contribution >= 0.6 is 0 Å². The van der Waals surface area contributed by atoms with Gasteiger partial charge in [-0.05, 0) is 55.5 Å². The van der Waals surface area contributed by atoms with Crippen molar-refractivity contribution in [3.8, 4) is 34.0 Å². The van der Waals surface area contributed by atoms with Gasteiger partial charge < -0.3 is 34.1 Å². The van der Waals surface area contributed by atoms with Gasteiger partial charge in [0.2, 0.25) is 0 Å². The van der Waals surface area contributed by atoms with E-state index >= 15 is 4.39 Å². The van der Waals surface area contributed by atoms with Crippen LogP contribution in [-0.2, 0) is 14.2 Å². The topological polar surface area (TPSA) is 96.2 Å². The van der Waals surface area contributed by atoms with E-state index in [1.165, 1.54) is 6.07 Å². The maximum Gasteiger partial charge on any atom is 0.198 e. The molecule has 0 saturated carbocycles.